The van der Waals surface area contributed by atoms with Gasteiger partial charge in [-0.15, -0.1) is 0 Å². The highest BCUT2D eigenvalue weighted by atomic mass is 79.9. The second kappa shape index (κ2) is 6.58. The maximum absolute atomic E-state index is 13.2. The summed E-state index contributed by atoms with van der Waals surface area (Å²) >= 11 is 3.40. The van der Waals surface area contributed by atoms with E-state index in [2.05, 4.69) is 26.2 Å². The van der Waals surface area contributed by atoms with Crippen LogP contribution in [0.15, 0.2) is 47.2 Å². The lowest BCUT2D eigenvalue weighted by Crippen LogP contribution is -2.25. The number of halogens is 4. The molecule has 2 rings (SSSR count). The van der Waals surface area contributed by atoms with Gasteiger partial charge in [0.05, 0.1) is 11.6 Å². The molecule has 6 heteroatoms. The SMILES string of the molecule is CCNC(c1ccccc1Br)c1cnccc1C(F)(F)F. The number of nitrogens with zero attached hydrogens (tertiary/aromatic N) is 1. The van der Waals surface area contributed by atoms with Crippen molar-refractivity contribution in [2.75, 3.05) is 6.54 Å². The first-order valence-electron chi connectivity index (χ1n) is 6.44. The summed E-state index contributed by atoms with van der Waals surface area (Å²) in [5.74, 6) is 0. The Kier molecular flexibility index (Phi) is 5.00. The van der Waals surface area contributed by atoms with Crippen molar-refractivity contribution < 1.29 is 13.2 Å². The summed E-state index contributed by atoms with van der Waals surface area (Å²) in [6.07, 6.45) is -1.97. The Labute approximate surface area is 129 Å². The maximum atomic E-state index is 13.2. The third kappa shape index (κ3) is 3.63. The Bertz CT molecular complexity index is 614. The summed E-state index contributed by atoms with van der Waals surface area (Å²) < 4.78 is 40.4. The van der Waals surface area contributed by atoms with E-state index in [0.29, 0.717) is 6.54 Å². The summed E-state index contributed by atoms with van der Waals surface area (Å²) in [4.78, 5) is 3.86. The molecule has 0 aliphatic carbocycles. The minimum atomic E-state index is -4.41. The standard InChI is InChI=1S/C15H14BrF3N2/c1-2-21-14(10-5-3-4-6-13(10)16)11-9-20-8-7-12(11)15(17,18)19/h3-9,14,21H,2H2,1H3. The molecule has 1 N–H and O–H groups in total. The summed E-state index contributed by atoms with van der Waals surface area (Å²) in [6.45, 7) is 2.39. The first-order chi connectivity index (χ1) is 9.95. The van der Waals surface area contributed by atoms with Gasteiger partial charge < -0.3 is 5.32 Å². The molecule has 1 atom stereocenters. The number of hydrogen-bond acceptors (Lipinski definition) is 2. The Hall–Kier alpha value is -1.40. The van der Waals surface area contributed by atoms with E-state index in [1.807, 2.05) is 19.1 Å². The molecule has 21 heavy (non-hydrogen) atoms. The highest BCUT2D eigenvalue weighted by Gasteiger charge is 2.35. The number of aromatic nitrogens is 1. The van der Waals surface area contributed by atoms with Gasteiger partial charge in [-0.05, 0) is 24.2 Å². The monoisotopic (exact) mass is 358 g/mol. The van der Waals surface area contributed by atoms with Crippen LogP contribution in [0.2, 0.25) is 0 Å². The van der Waals surface area contributed by atoms with Crippen molar-refractivity contribution in [3.05, 3.63) is 63.9 Å². The number of pyridine rings is 1. The smallest absolute Gasteiger partial charge is 0.306 e. The molecular formula is C15H14BrF3N2. The number of benzene rings is 1. The van der Waals surface area contributed by atoms with Gasteiger partial charge in [-0.25, -0.2) is 0 Å². The minimum absolute atomic E-state index is 0.124. The Morgan fingerprint density at radius 1 is 1.19 bits per heavy atom. The Morgan fingerprint density at radius 2 is 1.90 bits per heavy atom. The molecule has 0 fully saturated rings. The molecule has 0 bridgehead atoms. The minimum Gasteiger partial charge on any atom is -0.306 e. The van der Waals surface area contributed by atoms with Crippen LogP contribution >= 0.6 is 15.9 Å². The number of nitrogens with one attached hydrogen (secondary N) is 1. The van der Waals surface area contributed by atoms with Crippen LogP contribution < -0.4 is 5.32 Å². The van der Waals surface area contributed by atoms with Crippen molar-refractivity contribution in [1.29, 1.82) is 0 Å². The predicted molar refractivity (Wildman–Crippen MR) is 78.9 cm³/mol. The molecule has 1 heterocycles. The van der Waals surface area contributed by atoms with Gasteiger partial charge in [0.25, 0.3) is 0 Å². The molecule has 2 aromatic rings. The molecule has 0 amide bonds. The Morgan fingerprint density at radius 3 is 2.52 bits per heavy atom. The number of alkyl halides is 3. The van der Waals surface area contributed by atoms with Gasteiger partial charge >= 0.3 is 6.18 Å². The molecule has 0 radical (unpaired) electrons. The van der Waals surface area contributed by atoms with Crippen LogP contribution in [0, 0.1) is 0 Å². The van der Waals surface area contributed by atoms with Crippen LogP contribution in [0.4, 0.5) is 13.2 Å². The maximum Gasteiger partial charge on any atom is 0.416 e. The summed E-state index contributed by atoms with van der Waals surface area (Å²) in [7, 11) is 0. The van der Waals surface area contributed by atoms with E-state index >= 15 is 0 Å². The summed E-state index contributed by atoms with van der Waals surface area (Å²) in [6, 6.07) is 7.67. The van der Waals surface area contributed by atoms with E-state index in [1.165, 1.54) is 6.20 Å². The third-order valence-corrected chi connectivity index (χ3v) is 3.81. The van der Waals surface area contributed by atoms with Crippen LogP contribution in [-0.4, -0.2) is 11.5 Å². The van der Waals surface area contributed by atoms with Crippen molar-refractivity contribution in [3.63, 3.8) is 0 Å². The normalized spacial score (nSPS) is 13.2. The van der Waals surface area contributed by atoms with Crippen LogP contribution in [-0.2, 0) is 6.18 Å². The van der Waals surface area contributed by atoms with Gasteiger partial charge in [-0.1, -0.05) is 41.1 Å². The van der Waals surface area contributed by atoms with Crippen molar-refractivity contribution >= 4 is 15.9 Å². The average molecular weight is 359 g/mol. The van der Waals surface area contributed by atoms with Crippen molar-refractivity contribution in [1.82, 2.24) is 10.3 Å². The molecule has 0 aliphatic rings. The summed E-state index contributed by atoms with van der Waals surface area (Å²) in [5.41, 5.74) is 0.204. The second-order valence-electron chi connectivity index (χ2n) is 4.47. The fourth-order valence-corrected chi connectivity index (χ4v) is 2.71. The average Bonchev–Trinajstić information content (AvgIpc) is 2.45. The highest BCUT2D eigenvalue weighted by molar-refractivity contribution is 9.10. The first kappa shape index (κ1) is 16.0. The van der Waals surface area contributed by atoms with Gasteiger partial charge in [0.15, 0.2) is 0 Å². The zero-order valence-electron chi connectivity index (χ0n) is 11.3. The molecule has 1 unspecified atom stereocenters. The molecule has 2 nitrogen and oxygen atoms in total. The molecule has 0 spiro atoms. The molecular weight excluding hydrogens is 345 g/mol. The largest absolute Gasteiger partial charge is 0.416 e. The molecule has 1 aromatic heterocycles. The van der Waals surface area contributed by atoms with Crippen molar-refractivity contribution in [3.8, 4) is 0 Å². The van der Waals surface area contributed by atoms with Gasteiger partial charge in [0.2, 0.25) is 0 Å². The van der Waals surface area contributed by atoms with E-state index in [1.54, 1.807) is 12.1 Å². The lowest BCUT2D eigenvalue weighted by Gasteiger charge is -2.23. The first-order valence-corrected chi connectivity index (χ1v) is 7.23. The lowest BCUT2D eigenvalue weighted by atomic mass is 9.96. The molecule has 0 saturated heterocycles. The fourth-order valence-electron chi connectivity index (χ4n) is 2.20. The van der Waals surface area contributed by atoms with E-state index in [-0.39, 0.29) is 5.56 Å². The fraction of sp³-hybridized carbons (Fsp3) is 0.267. The highest BCUT2D eigenvalue weighted by Crippen LogP contribution is 2.37. The van der Waals surface area contributed by atoms with Crippen LogP contribution in [0.1, 0.15) is 29.7 Å². The quantitative estimate of drug-likeness (QED) is 0.866. The topological polar surface area (TPSA) is 24.9 Å². The van der Waals surface area contributed by atoms with Gasteiger partial charge in [-0.2, -0.15) is 13.2 Å². The van der Waals surface area contributed by atoms with E-state index in [4.69, 9.17) is 0 Å². The summed E-state index contributed by atoms with van der Waals surface area (Å²) in [5, 5.41) is 3.10. The molecule has 0 aliphatic heterocycles. The van der Waals surface area contributed by atoms with Crippen LogP contribution in [0.3, 0.4) is 0 Å². The van der Waals surface area contributed by atoms with Crippen LogP contribution in [0.5, 0.6) is 0 Å². The zero-order valence-corrected chi connectivity index (χ0v) is 12.9. The van der Waals surface area contributed by atoms with E-state index in [0.717, 1.165) is 22.3 Å². The van der Waals surface area contributed by atoms with E-state index < -0.39 is 17.8 Å². The van der Waals surface area contributed by atoms with E-state index in [9.17, 15) is 13.2 Å². The zero-order chi connectivity index (χ0) is 15.5. The number of hydrogen-bond donors (Lipinski definition) is 1. The Balaban J connectivity index is 2.57. The predicted octanol–water partition coefficient (Wildman–Crippen LogP) is 4.56. The van der Waals surface area contributed by atoms with Crippen molar-refractivity contribution in [2.45, 2.75) is 19.1 Å². The van der Waals surface area contributed by atoms with Gasteiger partial charge in [-0.3, -0.25) is 4.98 Å². The lowest BCUT2D eigenvalue weighted by molar-refractivity contribution is -0.138. The number of rotatable bonds is 4. The van der Waals surface area contributed by atoms with Crippen LogP contribution in [0.25, 0.3) is 0 Å². The molecule has 112 valence electrons. The van der Waals surface area contributed by atoms with Gasteiger partial charge in [0, 0.05) is 22.4 Å². The second-order valence-corrected chi connectivity index (χ2v) is 5.33. The third-order valence-electron chi connectivity index (χ3n) is 3.09. The molecule has 0 saturated carbocycles. The van der Waals surface area contributed by atoms with Gasteiger partial charge in [0.1, 0.15) is 0 Å². The molecule has 1 aromatic carbocycles. The van der Waals surface area contributed by atoms with Crippen molar-refractivity contribution in [2.24, 2.45) is 0 Å².